The van der Waals surface area contributed by atoms with Gasteiger partial charge in [-0.1, -0.05) is 19.1 Å². The Morgan fingerprint density at radius 1 is 1.42 bits per heavy atom. The molecule has 0 radical (unpaired) electrons. The number of rotatable bonds is 5. The van der Waals surface area contributed by atoms with Gasteiger partial charge in [-0.15, -0.1) is 0 Å². The maximum absolute atomic E-state index is 13.3. The third-order valence-corrected chi connectivity index (χ3v) is 3.16. The molecule has 0 saturated heterocycles. The van der Waals surface area contributed by atoms with E-state index in [4.69, 9.17) is 5.84 Å². The van der Waals surface area contributed by atoms with Gasteiger partial charge in [-0.3, -0.25) is 10.5 Å². The summed E-state index contributed by atoms with van der Waals surface area (Å²) in [6.45, 7) is 4.68. The third-order valence-electron chi connectivity index (χ3n) is 3.16. The number of hydrogen-bond acceptors (Lipinski definition) is 3. The first-order valence-electron chi connectivity index (χ1n) is 6.41. The van der Waals surface area contributed by atoms with Crippen LogP contribution in [0.3, 0.4) is 0 Å². The van der Waals surface area contributed by atoms with E-state index in [1.165, 1.54) is 6.07 Å². The first-order valence-corrected chi connectivity index (χ1v) is 6.41. The summed E-state index contributed by atoms with van der Waals surface area (Å²) >= 11 is 0. The molecule has 0 bridgehead atoms. The summed E-state index contributed by atoms with van der Waals surface area (Å²) in [5.41, 5.74) is 5.31. The average molecular weight is 262 g/mol. The number of aromatic nitrogens is 2. The normalized spacial score (nSPS) is 12.6. The molecule has 1 heterocycles. The third kappa shape index (κ3) is 2.83. The summed E-state index contributed by atoms with van der Waals surface area (Å²) in [4.78, 5) is 0. The van der Waals surface area contributed by atoms with Crippen molar-refractivity contribution in [2.45, 2.75) is 32.9 Å². The van der Waals surface area contributed by atoms with Crippen LogP contribution in [-0.4, -0.2) is 9.78 Å². The highest BCUT2D eigenvalue weighted by atomic mass is 19.1. The summed E-state index contributed by atoms with van der Waals surface area (Å²) in [6, 6.07) is 6.77. The Morgan fingerprint density at radius 3 is 2.84 bits per heavy atom. The number of nitrogens with two attached hydrogens (primary N) is 1. The number of halogens is 1. The van der Waals surface area contributed by atoms with Crippen LogP contribution in [0, 0.1) is 12.7 Å². The van der Waals surface area contributed by atoms with Crippen LogP contribution in [0.15, 0.2) is 30.5 Å². The zero-order valence-corrected chi connectivity index (χ0v) is 11.2. The minimum atomic E-state index is -0.207. The smallest absolute Gasteiger partial charge is 0.126 e. The first kappa shape index (κ1) is 13.7. The number of nitrogens with one attached hydrogen (secondary N) is 1. The van der Waals surface area contributed by atoms with Gasteiger partial charge in [-0.05, 0) is 36.6 Å². The van der Waals surface area contributed by atoms with Gasteiger partial charge in [0.15, 0.2) is 0 Å². The van der Waals surface area contributed by atoms with Crippen molar-refractivity contribution in [2.75, 3.05) is 0 Å². The summed E-state index contributed by atoms with van der Waals surface area (Å²) in [7, 11) is 0. The van der Waals surface area contributed by atoms with Gasteiger partial charge < -0.3 is 0 Å². The van der Waals surface area contributed by atoms with Crippen LogP contribution in [0.4, 0.5) is 4.39 Å². The number of benzene rings is 1. The minimum absolute atomic E-state index is 0.187. The van der Waals surface area contributed by atoms with Crippen LogP contribution in [-0.2, 0) is 6.54 Å². The van der Waals surface area contributed by atoms with E-state index >= 15 is 0 Å². The first-order chi connectivity index (χ1) is 9.17. The van der Waals surface area contributed by atoms with Crippen LogP contribution >= 0.6 is 0 Å². The van der Waals surface area contributed by atoms with Gasteiger partial charge in [-0.2, -0.15) is 5.10 Å². The zero-order valence-electron chi connectivity index (χ0n) is 11.2. The molecule has 0 amide bonds. The van der Waals surface area contributed by atoms with Gasteiger partial charge in [0.2, 0.25) is 0 Å². The monoisotopic (exact) mass is 262 g/mol. The van der Waals surface area contributed by atoms with Gasteiger partial charge in [0.25, 0.3) is 0 Å². The quantitative estimate of drug-likeness (QED) is 0.642. The second-order valence-electron chi connectivity index (χ2n) is 4.59. The highest BCUT2D eigenvalue weighted by Crippen LogP contribution is 2.23. The molecular formula is C14H19FN4. The molecule has 0 aliphatic heterocycles. The molecule has 1 unspecified atom stereocenters. The van der Waals surface area contributed by atoms with Crippen molar-refractivity contribution in [1.29, 1.82) is 0 Å². The molecule has 0 saturated carbocycles. The summed E-state index contributed by atoms with van der Waals surface area (Å²) in [6.07, 6.45) is 2.75. The highest BCUT2D eigenvalue weighted by molar-refractivity contribution is 5.31. The maximum Gasteiger partial charge on any atom is 0.126 e. The molecule has 5 heteroatoms. The predicted octanol–water partition coefficient (Wildman–Crippen LogP) is 2.29. The van der Waals surface area contributed by atoms with Crippen molar-refractivity contribution >= 4 is 0 Å². The molecule has 0 spiro atoms. The molecule has 0 aliphatic carbocycles. The number of hydrogen-bond donors (Lipinski definition) is 2. The lowest BCUT2D eigenvalue weighted by atomic mass is 10.0. The van der Waals surface area contributed by atoms with Crippen LogP contribution < -0.4 is 11.3 Å². The van der Waals surface area contributed by atoms with Crippen molar-refractivity contribution in [2.24, 2.45) is 5.84 Å². The van der Waals surface area contributed by atoms with E-state index in [1.54, 1.807) is 19.2 Å². The van der Waals surface area contributed by atoms with Gasteiger partial charge in [0, 0.05) is 12.7 Å². The topological polar surface area (TPSA) is 55.9 Å². The van der Waals surface area contributed by atoms with Gasteiger partial charge in [-0.25, -0.2) is 9.82 Å². The SMILES string of the molecule is CCCn1nccc1C(NN)c1ccc(F)c(C)c1. The lowest BCUT2D eigenvalue weighted by Crippen LogP contribution is -2.30. The van der Waals surface area contributed by atoms with E-state index in [2.05, 4.69) is 17.4 Å². The molecule has 1 aromatic heterocycles. The van der Waals surface area contributed by atoms with Crippen LogP contribution in [0.5, 0.6) is 0 Å². The van der Waals surface area contributed by atoms with Gasteiger partial charge >= 0.3 is 0 Å². The molecule has 1 aromatic carbocycles. The average Bonchev–Trinajstić information content (AvgIpc) is 2.83. The fourth-order valence-corrected chi connectivity index (χ4v) is 2.19. The largest absolute Gasteiger partial charge is 0.271 e. The Bertz CT molecular complexity index is 550. The Labute approximate surface area is 112 Å². The molecule has 2 rings (SSSR count). The molecular weight excluding hydrogens is 243 g/mol. The Balaban J connectivity index is 2.38. The predicted molar refractivity (Wildman–Crippen MR) is 72.8 cm³/mol. The fourth-order valence-electron chi connectivity index (χ4n) is 2.19. The summed E-state index contributed by atoms with van der Waals surface area (Å²) in [5, 5.41) is 4.29. The maximum atomic E-state index is 13.3. The van der Waals surface area contributed by atoms with E-state index in [0.29, 0.717) is 5.56 Å². The molecule has 1 atom stereocenters. The lowest BCUT2D eigenvalue weighted by Gasteiger charge is -2.18. The van der Waals surface area contributed by atoms with Crippen molar-refractivity contribution in [3.05, 3.63) is 53.1 Å². The lowest BCUT2D eigenvalue weighted by molar-refractivity contribution is 0.520. The molecule has 3 N–H and O–H groups in total. The van der Waals surface area contributed by atoms with Gasteiger partial charge in [0.1, 0.15) is 5.82 Å². The van der Waals surface area contributed by atoms with Gasteiger partial charge in [0.05, 0.1) is 11.7 Å². The van der Waals surface area contributed by atoms with Crippen LogP contribution in [0.1, 0.15) is 36.2 Å². The van der Waals surface area contributed by atoms with Crippen molar-refractivity contribution < 1.29 is 4.39 Å². The van der Waals surface area contributed by atoms with E-state index < -0.39 is 0 Å². The van der Waals surface area contributed by atoms with E-state index in [9.17, 15) is 4.39 Å². The summed E-state index contributed by atoms with van der Waals surface area (Å²) in [5.74, 6) is 5.46. The summed E-state index contributed by atoms with van der Waals surface area (Å²) < 4.78 is 15.3. The Morgan fingerprint density at radius 2 is 2.21 bits per heavy atom. The molecule has 2 aromatic rings. The number of aryl methyl sites for hydroxylation is 2. The van der Waals surface area contributed by atoms with Crippen molar-refractivity contribution in [3.63, 3.8) is 0 Å². The van der Waals surface area contributed by atoms with Crippen molar-refractivity contribution in [3.8, 4) is 0 Å². The fraction of sp³-hybridized carbons (Fsp3) is 0.357. The van der Waals surface area contributed by atoms with Crippen LogP contribution in [0.2, 0.25) is 0 Å². The highest BCUT2D eigenvalue weighted by Gasteiger charge is 2.17. The Hall–Kier alpha value is -1.72. The molecule has 0 fully saturated rings. The Kier molecular flexibility index (Phi) is 4.29. The standard InChI is InChI=1S/C14H19FN4/c1-3-8-19-13(6-7-17-19)14(18-16)11-4-5-12(15)10(2)9-11/h4-7,9,14,18H,3,8,16H2,1-2H3. The minimum Gasteiger partial charge on any atom is -0.271 e. The second kappa shape index (κ2) is 5.95. The molecule has 4 nitrogen and oxygen atoms in total. The molecule has 0 aliphatic rings. The number of nitrogens with zero attached hydrogens (tertiary/aromatic N) is 2. The van der Waals surface area contributed by atoms with Crippen LogP contribution in [0.25, 0.3) is 0 Å². The molecule has 19 heavy (non-hydrogen) atoms. The zero-order chi connectivity index (χ0) is 13.8. The van der Waals surface area contributed by atoms with E-state index in [1.807, 2.05) is 16.8 Å². The van der Waals surface area contributed by atoms with E-state index in [-0.39, 0.29) is 11.9 Å². The van der Waals surface area contributed by atoms with Crippen molar-refractivity contribution in [1.82, 2.24) is 15.2 Å². The second-order valence-corrected chi connectivity index (χ2v) is 4.59. The number of hydrazine groups is 1. The molecule has 102 valence electrons. The van der Waals surface area contributed by atoms with E-state index in [0.717, 1.165) is 24.2 Å².